The van der Waals surface area contributed by atoms with Crippen LogP contribution in [-0.4, -0.2) is 24.7 Å². The lowest BCUT2D eigenvalue weighted by Crippen LogP contribution is -2.27. The number of rotatable bonds is 8. The molecule has 23 heavy (non-hydrogen) atoms. The van der Waals surface area contributed by atoms with Crippen molar-refractivity contribution in [2.24, 2.45) is 0 Å². The Kier molecular flexibility index (Phi) is 6.06. The number of sulfonamides is 1. The van der Waals surface area contributed by atoms with Gasteiger partial charge < -0.3 is 0 Å². The smallest absolute Gasteiger partial charge is 0.266 e. The molecule has 2 rings (SSSR count). The van der Waals surface area contributed by atoms with Crippen molar-refractivity contribution >= 4 is 10.0 Å². The van der Waals surface area contributed by atoms with E-state index in [-0.39, 0.29) is 17.0 Å². The zero-order valence-corrected chi connectivity index (χ0v) is 13.9. The van der Waals surface area contributed by atoms with Gasteiger partial charge in [0, 0.05) is 25.4 Å². The molecule has 0 saturated carbocycles. The SMILES string of the molecule is CCCc1ccc(S(=O)(=O)NCCCn2ncccc2=O)cc1. The molecule has 0 unspecified atom stereocenters. The highest BCUT2D eigenvalue weighted by Gasteiger charge is 2.12. The molecule has 0 spiro atoms. The molecule has 0 aliphatic carbocycles. The fourth-order valence-electron chi connectivity index (χ4n) is 2.20. The summed E-state index contributed by atoms with van der Waals surface area (Å²) in [6.07, 6.45) is 3.98. The van der Waals surface area contributed by atoms with Crippen molar-refractivity contribution in [2.75, 3.05) is 6.54 Å². The van der Waals surface area contributed by atoms with E-state index in [2.05, 4.69) is 16.7 Å². The van der Waals surface area contributed by atoms with Crippen LogP contribution in [0.15, 0.2) is 52.3 Å². The summed E-state index contributed by atoms with van der Waals surface area (Å²) in [6, 6.07) is 9.92. The number of hydrogen-bond donors (Lipinski definition) is 1. The first-order valence-corrected chi connectivity index (χ1v) is 9.12. The molecule has 6 nitrogen and oxygen atoms in total. The van der Waals surface area contributed by atoms with Gasteiger partial charge in [-0.1, -0.05) is 25.5 Å². The van der Waals surface area contributed by atoms with Gasteiger partial charge in [0.1, 0.15) is 0 Å². The van der Waals surface area contributed by atoms with Gasteiger partial charge in [-0.3, -0.25) is 4.79 Å². The summed E-state index contributed by atoms with van der Waals surface area (Å²) in [5.41, 5.74) is 0.933. The van der Waals surface area contributed by atoms with Gasteiger partial charge in [-0.05, 0) is 36.6 Å². The minimum atomic E-state index is -3.51. The quantitative estimate of drug-likeness (QED) is 0.743. The third-order valence-electron chi connectivity index (χ3n) is 3.40. The molecule has 0 fully saturated rings. The largest absolute Gasteiger partial charge is 0.268 e. The van der Waals surface area contributed by atoms with Gasteiger partial charge in [0.05, 0.1) is 4.90 Å². The van der Waals surface area contributed by atoms with E-state index in [1.165, 1.54) is 16.9 Å². The Morgan fingerprint density at radius 3 is 2.57 bits per heavy atom. The summed E-state index contributed by atoms with van der Waals surface area (Å²) >= 11 is 0. The Balaban J connectivity index is 1.89. The molecule has 0 radical (unpaired) electrons. The Labute approximate surface area is 136 Å². The van der Waals surface area contributed by atoms with Crippen molar-refractivity contribution in [3.05, 3.63) is 58.5 Å². The number of benzene rings is 1. The molecular formula is C16H21N3O3S. The average Bonchev–Trinajstić information content (AvgIpc) is 2.54. The van der Waals surface area contributed by atoms with E-state index < -0.39 is 10.0 Å². The Morgan fingerprint density at radius 1 is 1.17 bits per heavy atom. The van der Waals surface area contributed by atoms with Gasteiger partial charge >= 0.3 is 0 Å². The molecule has 0 aliphatic rings. The fraction of sp³-hybridized carbons (Fsp3) is 0.375. The van der Waals surface area contributed by atoms with Gasteiger partial charge in [-0.2, -0.15) is 5.10 Å². The molecule has 2 aromatic rings. The number of aromatic nitrogens is 2. The van der Waals surface area contributed by atoms with Gasteiger partial charge in [0.15, 0.2) is 0 Å². The van der Waals surface area contributed by atoms with Gasteiger partial charge in [-0.25, -0.2) is 17.8 Å². The summed E-state index contributed by atoms with van der Waals surface area (Å²) < 4.78 is 28.2. The molecule has 0 atom stereocenters. The maximum Gasteiger partial charge on any atom is 0.266 e. The predicted octanol–water partition coefficient (Wildman–Crippen LogP) is 1.56. The molecule has 0 bridgehead atoms. The molecule has 0 amide bonds. The molecule has 0 aliphatic heterocycles. The second kappa shape index (κ2) is 8.03. The topological polar surface area (TPSA) is 81.1 Å². The summed E-state index contributed by atoms with van der Waals surface area (Å²) in [5, 5.41) is 3.92. The first-order chi connectivity index (χ1) is 11.0. The van der Waals surface area contributed by atoms with Crippen LogP contribution in [-0.2, 0) is 23.0 Å². The lowest BCUT2D eigenvalue weighted by molar-refractivity contribution is 0.535. The van der Waals surface area contributed by atoms with E-state index in [4.69, 9.17) is 0 Å². The van der Waals surface area contributed by atoms with Crippen molar-refractivity contribution in [1.82, 2.24) is 14.5 Å². The van der Waals surface area contributed by atoms with Gasteiger partial charge in [-0.15, -0.1) is 0 Å². The standard InChI is InChI=1S/C16H21N3O3S/c1-2-5-14-7-9-15(10-8-14)23(21,22)18-12-4-13-19-16(20)6-3-11-17-19/h3,6-11,18H,2,4-5,12-13H2,1H3. The van der Waals surface area contributed by atoms with E-state index in [0.717, 1.165) is 18.4 Å². The molecule has 1 N–H and O–H groups in total. The van der Waals surface area contributed by atoms with Crippen LogP contribution < -0.4 is 10.3 Å². The van der Waals surface area contributed by atoms with Crippen LogP contribution in [0.1, 0.15) is 25.3 Å². The summed E-state index contributed by atoms with van der Waals surface area (Å²) in [6.45, 7) is 2.71. The van der Waals surface area contributed by atoms with Crippen molar-refractivity contribution in [2.45, 2.75) is 37.6 Å². The maximum atomic E-state index is 12.2. The van der Waals surface area contributed by atoms with E-state index in [1.54, 1.807) is 18.2 Å². The van der Waals surface area contributed by atoms with Crippen LogP contribution >= 0.6 is 0 Å². The van der Waals surface area contributed by atoms with E-state index in [9.17, 15) is 13.2 Å². The zero-order valence-electron chi connectivity index (χ0n) is 13.1. The molecular weight excluding hydrogens is 314 g/mol. The number of nitrogens with one attached hydrogen (secondary N) is 1. The van der Waals surface area contributed by atoms with Gasteiger partial charge in [0.2, 0.25) is 10.0 Å². The van der Waals surface area contributed by atoms with Crippen LogP contribution in [0.2, 0.25) is 0 Å². The third kappa shape index (κ3) is 5.01. The van der Waals surface area contributed by atoms with Gasteiger partial charge in [0.25, 0.3) is 5.56 Å². The van der Waals surface area contributed by atoms with Crippen molar-refractivity contribution in [3.63, 3.8) is 0 Å². The minimum Gasteiger partial charge on any atom is -0.268 e. The Bertz CT molecular complexity index is 783. The highest BCUT2D eigenvalue weighted by molar-refractivity contribution is 7.89. The second-order valence-corrected chi connectivity index (χ2v) is 7.00. The summed E-state index contributed by atoms with van der Waals surface area (Å²) in [4.78, 5) is 11.7. The van der Waals surface area contributed by atoms with Crippen LogP contribution in [0.4, 0.5) is 0 Å². The Hall–Kier alpha value is -1.99. The number of aryl methyl sites for hydroxylation is 2. The van der Waals surface area contributed by atoms with Crippen molar-refractivity contribution in [1.29, 1.82) is 0 Å². The Morgan fingerprint density at radius 2 is 1.91 bits per heavy atom. The van der Waals surface area contributed by atoms with Crippen molar-refractivity contribution < 1.29 is 8.42 Å². The first-order valence-electron chi connectivity index (χ1n) is 7.63. The summed E-state index contributed by atoms with van der Waals surface area (Å²) in [7, 11) is -3.51. The van der Waals surface area contributed by atoms with E-state index >= 15 is 0 Å². The molecule has 0 saturated heterocycles. The summed E-state index contributed by atoms with van der Waals surface area (Å²) in [5.74, 6) is 0. The monoisotopic (exact) mass is 335 g/mol. The number of hydrogen-bond acceptors (Lipinski definition) is 4. The molecule has 1 heterocycles. The average molecular weight is 335 g/mol. The van der Waals surface area contributed by atoms with Crippen molar-refractivity contribution in [3.8, 4) is 0 Å². The predicted molar refractivity (Wildman–Crippen MR) is 88.7 cm³/mol. The van der Waals surface area contributed by atoms with E-state index in [0.29, 0.717) is 13.0 Å². The van der Waals surface area contributed by atoms with E-state index in [1.807, 2.05) is 12.1 Å². The lowest BCUT2D eigenvalue weighted by atomic mass is 10.1. The number of nitrogens with zero attached hydrogens (tertiary/aromatic N) is 2. The molecule has 1 aromatic heterocycles. The normalized spacial score (nSPS) is 11.5. The fourth-order valence-corrected chi connectivity index (χ4v) is 3.27. The van der Waals surface area contributed by atoms with Crippen LogP contribution in [0.25, 0.3) is 0 Å². The lowest BCUT2D eigenvalue weighted by Gasteiger charge is -2.08. The highest BCUT2D eigenvalue weighted by atomic mass is 32.2. The first kappa shape index (κ1) is 17.4. The molecule has 1 aromatic carbocycles. The minimum absolute atomic E-state index is 0.193. The maximum absolute atomic E-state index is 12.2. The van der Waals surface area contributed by atoms with Crippen LogP contribution in [0, 0.1) is 0 Å². The molecule has 7 heteroatoms. The van der Waals surface area contributed by atoms with Crippen LogP contribution in [0.3, 0.4) is 0 Å². The zero-order chi connectivity index (χ0) is 16.7. The molecule has 124 valence electrons. The highest BCUT2D eigenvalue weighted by Crippen LogP contribution is 2.11. The second-order valence-electron chi connectivity index (χ2n) is 5.23. The van der Waals surface area contributed by atoms with Crippen LogP contribution in [0.5, 0.6) is 0 Å². The third-order valence-corrected chi connectivity index (χ3v) is 4.87.